The first-order valence-electron chi connectivity index (χ1n) is 6.09. The van der Waals surface area contributed by atoms with Crippen molar-refractivity contribution in [2.24, 2.45) is 5.73 Å². The van der Waals surface area contributed by atoms with Crippen molar-refractivity contribution in [2.45, 2.75) is 18.9 Å². The standard InChI is InChI=1S/C11H13N7O2/c1-17-7-2-4-13-18(7)5-3-6(11(17)20)9-14-10(8(12)19)16-15-9/h2,4,6H,3,5H2,1H3,(H2,12,19)(H,14,15,16). The molecule has 9 nitrogen and oxygen atoms in total. The van der Waals surface area contributed by atoms with Crippen molar-refractivity contribution in [1.82, 2.24) is 25.0 Å². The average molecular weight is 275 g/mol. The van der Waals surface area contributed by atoms with Crippen LogP contribution in [0.5, 0.6) is 0 Å². The molecule has 0 aliphatic carbocycles. The summed E-state index contributed by atoms with van der Waals surface area (Å²) in [4.78, 5) is 29.0. The Balaban J connectivity index is 1.93. The number of H-pyrrole nitrogens is 1. The first-order chi connectivity index (χ1) is 9.58. The summed E-state index contributed by atoms with van der Waals surface area (Å²) in [5.41, 5.74) is 5.11. The smallest absolute Gasteiger partial charge is 0.288 e. The Morgan fingerprint density at radius 2 is 2.35 bits per heavy atom. The van der Waals surface area contributed by atoms with Gasteiger partial charge in [-0.2, -0.15) is 5.10 Å². The molecule has 1 aliphatic rings. The summed E-state index contributed by atoms with van der Waals surface area (Å²) in [6, 6.07) is 1.77. The van der Waals surface area contributed by atoms with E-state index in [4.69, 9.17) is 5.73 Å². The van der Waals surface area contributed by atoms with E-state index in [1.54, 1.807) is 24.0 Å². The second-order valence-corrected chi connectivity index (χ2v) is 4.56. The van der Waals surface area contributed by atoms with Gasteiger partial charge >= 0.3 is 0 Å². The lowest BCUT2D eigenvalue weighted by atomic mass is 10.0. The number of nitrogens with zero attached hydrogens (tertiary/aromatic N) is 5. The molecule has 3 N–H and O–H groups in total. The molecule has 2 aromatic rings. The van der Waals surface area contributed by atoms with Gasteiger partial charge in [0.1, 0.15) is 11.6 Å². The molecule has 0 saturated carbocycles. The van der Waals surface area contributed by atoms with Crippen LogP contribution in [-0.4, -0.2) is 43.8 Å². The fourth-order valence-electron chi connectivity index (χ4n) is 2.30. The molecule has 0 radical (unpaired) electrons. The topological polar surface area (TPSA) is 123 Å². The molecule has 104 valence electrons. The Bertz CT molecular complexity index is 674. The van der Waals surface area contributed by atoms with E-state index in [-0.39, 0.29) is 11.7 Å². The van der Waals surface area contributed by atoms with Crippen LogP contribution in [0.15, 0.2) is 12.3 Å². The van der Waals surface area contributed by atoms with Crippen LogP contribution in [-0.2, 0) is 11.3 Å². The van der Waals surface area contributed by atoms with Crippen LogP contribution in [0.1, 0.15) is 28.8 Å². The van der Waals surface area contributed by atoms with Gasteiger partial charge in [-0.25, -0.2) is 9.67 Å². The van der Waals surface area contributed by atoms with E-state index in [9.17, 15) is 9.59 Å². The van der Waals surface area contributed by atoms with Crippen molar-refractivity contribution in [3.05, 3.63) is 23.9 Å². The number of anilines is 1. The molecule has 9 heteroatoms. The average Bonchev–Trinajstić information content (AvgIpc) is 3.04. The van der Waals surface area contributed by atoms with E-state index in [0.717, 1.165) is 5.82 Å². The van der Waals surface area contributed by atoms with Crippen molar-refractivity contribution in [3.63, 3.8) is 0 Å². The summed E-state index contributed by atoms with van der Waals surface area (Å²) in [5, 5.41) is 10.5. The predicted octanol–water partition coefficient (Wildman–Crippen LogP) is -0.750. The number of nitrogens with one attached hydrogen (secondary N) is 1. The lowest BCUT2D eigenvalue weighted by Crippen LogP contribution is -2.31. The maximum atomic E-state index is 12.5. The maximum Gasteiger partial charge on any atom is 0.288 e. The van der Waals surface area contributed by atoms with Gasteiger partial charge in [0.25, 0.3) is 5.91 Å². The number of likely N-dealkylation sites (N-methyl/N-ethyl adjacent to an activating group) is 1. The van der Waals surface area contributed by atoms with Crippen LogP contribution in [0.3, 0.4) is 0 Å². The summed E-state index contributed by atoms with van der Waals surface area (Å²) in [6.45, 7) is 0.579. The van der Waals surface area contributed by atoms with Gasteiger partial charge in [-0.15, -0.1) is 5.10 Å². The highest BCUT2D eigenvalue weighted by molar-refractivity contribution is 5.97. The lowest BCUT2D eigenvalue weighted by molar-refractivity contribution is -0.119. The monoisotopic (exact) mass is 275 g/mol. The van der Waals surface area contributed by atoms with E-state index in [1.807, 2.05) is 0 Å². The minimum Gasteiger partial charge on any atom is -0.363 e. The lowest BCUT2D eigenvalue weighted by Gasteiger charge is -2.17. The Kier molecular flexibility index (Phi) is 2.74. The van der Waals surface area contributed by atoms with Gasteiger partial charge in [0.05, 0.1) is 12.1 Å². The zero-order valence-electron chi connectivity index (χ0n) is 10.8. The van der Waals surface area contributed by atoms with Gasteiger partial charge < -0.3 is 5.73 Å². The molecule has 0 bridgehead atoms. The third-order valence-electron chi connectivity index (χ3n) is 3.35. The molecule has 2 amide bonds. The molecule has 3 heterocycles. The highest BCUT2D eigenvalue weighted by atomic mass is 16.2. The van der Waals surface area contributed by atoms with E-state index in [0.29, 0.717) is 18.8 Å². The Labute approximate surface area is 113 Å². The van der Waals surface area contributed by atoms with Crippen LogP contribution >= 0.6 is 0 Å². The minimum absolute atomic E-state index is 0.113. The van der Waals surface area contributed by atoms with Gasteiger partial charge in [-0.3, -0.25) is 19.6 Å². The number of nitrogens with two attached hydrogens (primary N) is 1. The Morgan fingerprint density at radius 3 is 3.05 bits per heavy atom. The van der Waals surface area contributed by atoms with Crippen LogP contribution in [0.2, 0.25) is 0 Å². The number of rotatable bonds is 2. The number of fused-ring (bicyclic) bond motifs is 1. The zero-order chi connectivity index (χ0) is 14.3. The maximum absolute atomic E-state index is 12.5. The minimum atomic E-state index is -0.727. The van der Waals surface area contributed by atoms with Gasteiger partial charge in [0.15, 0.2) is 0 Å². The molecular formula is C11H13N7O2. The largest absolute Gasteiger partial charge is 0.363 e. The van der Waals surface area contributed by atoms with Gasteiger partial charge in [-0.05, 0) is 6.42 Å². The number of carbonyl (C=O) groups is 2. The molecule has 0 aromatic carbocycles. The number of carbonyl (C=O) groups excluding carboxylic acids is 2. The van der Waals surface area contributed by atoms with Crippen LogP contribution in [0, 0.1) is 0 Å². The van der Waals surface area contributed by atoms with E-state index in [2.05, 4.69) is 20.3 Å². The second-order valence-electron chi connectivity index (χ2n) is 4.56. The summed E-state index contributed by atoms with van der Waals surface area (Å²) in [6.07, 6.45) is 2.17. The summed E-state index contributed by atoms with van der Waals surface area (Å²) < 4.78 is 1.75. The highest BCUT2D eigenvalue weighted by Crippen LogP contribution is 2.27. The summed E-state index contributed by atoms with van der Waals surface area (Å²) >= 11 is 0. The van der Waals surface area contributed by atoms with Crippen molar-refractivity contribution >= 4 is 17.6 Å². The number of hydrogen-bond donors (Lipinski definition) is 2. The molecule has 1 unspecified atom stereocenters. The molecule has 20 heavy (non-hydrogen) atoms. The number of primary amides is 1. The Morgan fingerprint density at radius 1 is 1.55 bits per heavy atom. The molecule has 0 fully saturated rings. The van der Waals surface area contributed by atoms with Crippen LogP contribution in [0.25, 0.3) is 0 Å². The summed E-state index contributed by atoms with van der Waals surface area (Å²) in [7, 11) is 1.68. The van der Waals surface area contributed by atoms with Crippen molar-refractivity contribution in [3.8, 4) is 0 Å². The quantitative estimate of drug-likeness (QED) is 0.746. The number of aryl methyl sites for hydroxylation is 1. The van der Waals surface area contributed by atoms with E-state index in [1.165, 1.54) is 4.90 Å². The molecule has 0 saturated heterocycles. The first-order valence-corrected chi connectivity index (χ1v) is 6.09. The highest BCUT2D eigenvalue weighted by Gasteiger charge is 2.32. The van der Waals surface area contributed by atoms with Crippen molar-refractivity contribution in [1.29, 1.82) is 0 Å². The SMILES string of the molecule is CN1C(=O)C(c2nc(C(N)=O)n[nH]2)CCn2nccc21. The van der Waals surface area contributed by atoms with E-state index >= 15 is 0 Å². The molecule has 3 rings (SSSR count). The number of amides is 2. The molecule has 2 aromatic heterocycles. The third-order valence-corrected chi connectivity index (χ3v) is 3.35. The predicted molar refractivity (Wildman–Crippen MR) is 67.9 cm³/mol. The zero-order valence-corrected chi connectivity index (χ0v) is 10.8. The molecule has 0 spiro atoms. The normalized spacial score (nSPS) is 18.8. The number of aromatic amines is 1. The van der Waals surface area contributed by atoms with Gasteiger partial charge in [-0.1, -0.05) is 0 Å². The van der Waals surface area contributed by atoms with Crippen molar-refractivity contribution in [2.75, 3.05) is 11.9 Å². The molecular weight excluding hydrogens is 262 g/mol. The Hall–Kier alpha value is -2.71. The molecule has 1 aliphatic heterocycles. The fraction of sp³-hybridized carbons (Fsp3) is 0.364. The first kappa shape index (κ1) is 12.3. The third kappa shape index (κ3) is 1.83. The number of hydrogen-bond acceptors (Lipinski definition) is 5. The van der Waals surface area contributed by atoms with Crippen molar-refractivity contribution < 1.29 is 9.59 Å². The van der Waals surface area contributed by atoms with Crippen LogP contribution in [0.4, 0.5) is 5.82 Å². The number of aromatic nitrogens is 5. The molecule has 1 atom stereocenters. The van der Waals surface area contributed by atoms with Crippen LogP contribution < -0.4 is 10.6 Å². The summed E-state index contributed by atoms with van der Waals surface area (Å²) in [5.74, 6) is -0.389. The fourth-order valence-corrected chi connectivity index (χ4v) is 2.30. The van der Waals surface area contributed by atoms with Gasteiger partial charge in [0.2, 0.25) is 11.7 Å². The second kappa shape index (κ2) is 4.44. The van der Waals surface area contributed by atoms with Gasteiger partial charge in [0, 0.05) is 19.7 Å². The van der Waals surface area contributed by atoms with E-state index < -0.39 is 11.8 Å².